The highest BCUT2D eigenvalue weighted by molar-refractivity contribution is 5.27. The van der Waals surface area contributed by atoms with Crippen LogP contribution >= 0.6 is 0 Å². The Morgan fingerprint density at radius 3 is 2.46 bits per heavy atom. The van der Waals surface area contributed by atoms with Crippen LogP contribution in [0.1, 0.15) is 42.9 Å². The molecule has 0 aliphatic carbocycles. The summed E-state index contributed by atoms with van der Waals surface area (Å²) in [5.41, 5.74) is 1.67. The first-order valence-corrected chi connectivity index (χ1v) is 9.57. The highest BCUT2D eigenvalue weighted by Crippen LogP contribution is 2.37. The first kappa shape index (κ1) is 17.6. The second-order valence-corrected chi connectivity index (χ2v) is 7.30. The van der Waals surface area contributed by atoms with Crippen LogP contribution in [-0.4, -0.2) is 35.6 Å². The van der Waals surface area contributed by atoms with Crippen molar-refractivity contribution in [3.8, 4) is 0 Å². The molecule has 0 aromatic heterocycles. The van der Waals surface area contributed by atoms with Crippen molar-refractivity contribution in [3.05, 3.63) is 77.7 Å². The van der Waals surface area contributed by atoms with Crippen LogP contribution in [0.25, 0.3) is 0 Å². The van der Waals surface area contributed by atoms with Gasteiger partial charge in [-0.1, -0.05) is 30.3 Å². The molecule has 4 rings (SSSR count). The molecule has 0 N–H and O–H groups in total. The SMILES string of the molecule is Fc1ccc(F)c([C@H]2CCCN2[C@@H]([CH]c2ccccc2)N2CCCC2)c1. The number of hydrogen-bond acceptors (Lipinski definition) is 2. The molecule has 1 radical (unpaired) electrons. The number of nitrogens with zero attached hydrogens (tertiary/aromatic N) is 2. The van der Waals surface area contributed by atoms with Gasteiger partial charge in [-0.25, -0.2) is 8.78 Å². The van der Waals surface area contributed by atoms with Crippen LogP contribution in [-0.2, 0) is 0 Å². The van der Waals surface area contributed by atoms with Crippen molar-refractivity contribution in [2.45, 2.75) is 37.9 Å². The van der Waals surface area contributed by atoms with E-state index in [4.69, 9.17) is 0 Å². The quantitative estimate of drug-likeness (QED) is 0.762. The topological polar surface area (TPSA) is 6.48 Å². The van der Waals surface area contributed by atoms with Gasteiger partial charge in [-0.15, -0.1) is 0 Å². The molecule has 137 valence electrons. The molecule has 2 heterocycles. The van der Waals surface area contributed by atoms with Gasteiger partial charge in [0.1, 0.15) is 11.6 Å². The summed E-state index contributed by atoms with van der Waals surface area (Å²) in [6.45, 7) is 3.02. The first-order valence-electron chi connectivity index (χ1n) is 9.57. The van der Waals surface area contributed by atoms with Crippen LogP contribution in [0, 0.1) is 18.1 Å². The Kier molecular flexibility index (Phi) is 5.32. The molecule has 0 bridgehead atoms. The molecule has 2 saturated heterocycles. The van der Waals surface area contributed by atoms with E-state index in [-0.39, 0.29) is 23.8 Å². The molecule has 2 aliphatic rings. The third-order valence-electron chi connectivity index (χ3n) is 5.61. The van der Waals surface area contributed by atoms with Gasteiger partial charge in [-0.05, 0) is 62.5 Å². The van der Waals surface area contributed by atoms with E-state index in [1.165, 1.54) is 36.6 Å². The minimum Gasteiger partial charge on any atom is -0.287 e. The van der Waals surface area contributed by atoms with Gasteiger partial charge in [0.15, 0.2) is 0 Å². The molecular weight excluding hydrogens is 330 g/mol. The van der Waals surface area contributed by atoms with E-state index in [1.54, 1.807) is 0 Å². The van der Waals surface area contributed by atoms with E-state index in [9.17, 15) is 8.78 Å². The number of hydrogen-bond donors (Lipinski definition) is 0. The monoisotopic (exact) mass is 355 g/mol. The largest absolute Gasteiger partial charge is 0.287 e. The minimum absolute atomic E-state index is 0.0729. The molecule has 0 unspecified atom stereocenters. The fourth-order valence-corrected chi connectivity index (χ4v) is 4.36. The highest BCUT2D eigenvalue weighted by atomic mass is 19.1. The standard InChI is InChI=1S/C22H25F2N2/c23-18-10-11-20(24)19(16-18)21-9-6-14-26(21)22(25-12-4-5-13-25)15-17-7-2-1-3-8-17/h1-3,7-8,10-11,15-16,21-22H,4-6,9,12-14H2/t21-,22+/m1/s1. The van der Waals surface area contributed by atoms with E-state index in [2.05, 4.69) is 28.4 Å². The van der Waals surface area contributed by atoms with Crippen molar-refractivity contribution in [2.75, 3.05) is 19.6 Å². The fraction of sp³-hybridized carbons (Fsp3) is 0.409. The average molecular weight is 355 g/mol. The number of likely N-dealkylation sites (tertiary alicyclic amines) is 2. The molecule has 2 nitrogen and oxygen atoms in total. The van der Waals surface area contributed by atoms with Gasteiger partial charge in [0, 0.05) is 24.6 Å². The summed E-state index contributed by atoms with van der Waals surface area (Å²) in [5.74, 6) is -0.666. The summed E-state index contributed by atoms with van der Waals surface area (Å²) in [4.78, 5) is 4.83. The molecule has 2 aliphatic heterocycles. The minimum atomic E-state index is -0.363. The summed E-state index contributed by atoms with van der Waals surface area (Å²) >= 11 is 0. The van der Waals surface area contributed by atoms with Crippen molar-refractivity contribution in [1.82, 2.24) is 9.80 Å². The second kappa shape index (κ2) is 7.85. The van der Waals surface area contributed by atoms with Crippen molar-refractivity contribution < 1.29 is 8.78 Å². The van der Waals surface area contributed by atoms with E-state index in [0.717, 1.165) is 32.5 Å². The van der Waals surface area contributed by atoms with Crippen molar-refractivity contribution >= 4 is 0 Å². The van der Waals surface area contributed by atoms with Crippen LogP contribution in [0.5, 0.6) is 0 Å². The third-order valence-corrected chi connectivity index (χ3v) is 5.61. The van der Waals surface area contributed by atoms with Crippen LogP contribution in [0.15, 0.2) is 48.5 Å². The van der Waals surface area contributed by atoms with Gasteiger partial charge in [-0.2, -0.15) is 0 Å². The molecule has 0 saturated carbocycles. The zero-order valence-electron chi connectivity index (χ0n) is 15.0. The molecule has 0 spiro atoms. The molecule has 2 fully saturated rings. The van der Waals surface area contributed by atoms with Gasteiger partial charge < -0.3 is 0 Å². The predicted octanol–water partition coefficient (Wildman–Crippen LogP) is 4.78. The lowest BCUT2D eigenvalue weighted by Gasteiger charge is -2.39. The summed E-state index contributed by atoms with van der Waals surface area (Å²) in [7, 11) is 0. The average Bonchev–Trinajstić information content (AvgIpc) is 3.34. The molecule has 2 aromatic rings. The molecule has 0 amide bonds. The van der Waals surface area contributed by atoms with Crippen LogP contribution < -0.4 is 0 Å². The molecule has 4 heteroatoms. The van der Waals surface area contributed by atoms with Crippen LogP contribution in [0.2, 0.25) is 0 Å². The smallest absolute Gasteiger partial charge is 0.128 e. The van der Waals surface area contributed by atoms with E-state index in [0.29, 0.717) is 5.56 Å². The van der Waals surface area contributed by atoms with Crippen LogP contribution in [0.4, 0.5) is 8.78 Å². The third kappa shape index (κ3) is 3.67. The van der Waals surface area contributed by atoms with Crippen molar-refractivity contribution in [1.29, 1.82) is 0 Å². The van der Waals surface area contributed by atoms with Gasteiger partial charge in [0.25, 0.3) is 0 Å². The maximum Gasteiger partial charge on any atom is 0.128 e. The second-order valence-electron chi connectivity index (χ2n) is 7.30. The van der Waals surface area contributed by atoms with E-state index < -0.39 is 0 Å². The Bertz CT molecular complexity index is 728. The maximum atomic E-state index is 14.4. The zero-order chi connectivity index (χ0) is 17.9. The molecule has 2 atom stereocenters. The summed E-state index contributed by atoms with van der Waals surface area (Å²) in [6, 6.07) is 14.1. The Labute approximate surface area is 154 Å². The zero-order valence-corrected chi connectivity index (χ0v) is 15.0. The predicted molar refractivity (Wildman–Crippen MR) is 99.5 cm³/mol. The maximum absolute atomic E-state index is 14.4. The van der Waals surface area contributed by atoms with Crippen molar-refractivity contribution in [3.63, 3.8) is 0 Å². The first-order chi connectivity index (χ1) is 12.7. The number of benzene rings is 2. The van der Waals surface area contributed by atoms with Gasteiger partial charge in [0.05, 0.1) is 6.17 Å². The molecule has 2 aromatic carbocycles. The van der Waals surface area contributed by atoms with Crippen molar-refractivity contribution in [2.24, 2.45) is 0 Å². The summed E-state index contributed by atoms with van der Waals surface area (Å²) < 4.78 is 28.2. The van der Waals surface area contributed by atoms with E-state index >= 15 is 0 Å². The lowest BCUT2D eigenvalue weighted by atomic mass is 10.0. The molecular formula is C22H25F2N2. The highest BCUT2D eigenvalue weighted by Gasteiger charge is 2.37. The fourth-order valence-electron chi connectivity index (χ4n) is 4.36. The lowest BCUT2D eigenvalue weighted by Crippen LogP contribution is -2.47. The Morgan fingerprint density at radius 2 is 1.69 bits per heavy atom. The van der Waals surface area contributed by atoms with Gasteiger partial charge in [0.2, 0.25) is 0 Å². The normalized spacial score (nSPS) is 22.8. The Hall–Kier alpha value is -1.78. The number of rotatable bonds is 5. The summed E-state index contributed by atoms with van der Waals surface area (Å²) in [6.07, 6.45) is 6.68. The van der Waals surface area contributed by atoms with Gasteiger partial charge in [-0.3, -0.25) is 9.80 Å². The van der Waals surface area contributed by atoms with E-state index in [1.807, 2.05) is 18.2 Å². The molecule has 26 heavy (non-hydrogen) atoms. The van der Waals surface area contributed by atoms with Crippen LogP contribution in [0.3, 0.4) is 0 Å². The Morgan fingerprint density at radius 1 is 0.923 bits per heavy atom. The lowest BCUT2D eigenvalue weighted by molar-refractivity contribution is 0.0727. The number of halogens is 2. The van der Waals surface area contributed by atoms with Gasteiger partial charge >= 0.3 is 0 Å². The summed E-state index contributed by atoms with van der Waals surface area (Å²) in [5, 5.41) is 0. The Balaban J connectivity index is 1.64.